The number of benzene rings is 1. The molecular weight excluding hydrogens is 373 g/mol. The summed E-state index contributed by atoms with van der Waals surface area (Å²) >= 11 is 0. The monoisotopic (exact) mass is 399 g/mol. The first-order valence-electron chi connectivity index (χ1n) is 9.98. The molecule has 1 aliphatic carbocycles. The van der Waals surface area contributed by atoms with Gasteiger partial charge in [-0.2, -0.15) is 0 Å². The summed E-state index contributed by atoms with van der Waals surface area (Å²) in [6.07, 6.45) is 5.01. The Labute approximate surface area is 169 Å². The Hall–Kier alpha value is -2.80. The van der Waals surface area contributed by atoms with Gasteiger partial charge in [0.1, 0.15) is 5.82 Å². The summed E-state index contributed by atoms with van der Waals surface area (Å²) in [7, 11) is 0. The van der Waals surface area contributed by atoms with Gasteiger partial charge in [0.25, 0.3) is 5.91 Å². The number of pyridine rings is 1. The van der Waals surface area contributed by atoms with Crippen LogP contribution in [0.5, 0.6) is 0 Å². The van der Waals surface area contributed by atoms with Gasteiger partial charge in [-0.3, -0.25) is 14.6 Å². The Balaban J connectivity index is 1.49. The van der Waals surface area contributed by atoms with Crippen LogP contribution in [0.4, 0.5) is 4.39 Å². The Morgan fingerprint density at radius 2 is 1.93 bits per heavy atom. The molecule has 0 atom stereocenters. The van der Waals surface area contributed by atoms with Crippen molar-refractivity contribution in [1.82, 2.24) is 15.6 Å². The first-order chi connectivity index (χ1) is 14.1. The van der Waals surface area contributed by atoms with E-state index in [9.17, 15) is 14.0 Å². The van der Waals surface area contributed by atoms with Gasteiger partial charge in [-0.25, -0.2) is 4.39 Å². The van der Waals surface area contributed by atoms with Crippen molar-refractivity contribution >= 4 is 11.8 Å². The number of carbonyl (C=O) groups excluding carboxylic acids is 2. The molecule has 1 aromatic carbocycles. The Morgan fingerprint density at radius 3 is 2.59 bits per heavy atom. The summed E-state index contributed by atoms with van der Waals surface area (Å²) in [6, 6.07) is 9.59. The lowest BCUT2D eigenvalue weighted by Gasteiger charge is -2.28. The molecule has 3 rings (SSSR count). The van der Waals surface area contributed by atoms with Gasteiger partial charge in [-0.15, -0.1) is 0 Å². The second-order valence-electron chi connectivity index (χ2n) is 7.33. The first-order valence-corrected chi connectivity index (χ1v) is 9.98. The van der Waals surface area contributed by atoms with Crippen molar-refractivity contribution < 1.29 is 19.1 Å². The van der Waals surface area contributed by atoms with Crippen LogP contribution in [0.3, 0.4) is 0 Å². The Morgan fingerprint density at radius 1 is 1.14 bits per heavy atom. The van der Waals surface area contributed by atoms with Crippen LogP contribution in [-0.4, -0.2) is 41.1 Å². The summed E-state index contributed by atoms with van der Waals surface area (Å²) in [4.78, 5) is 28.8. The molecule has 1 fully saturated rings. The molecule has 7 heteroatoms. The average molecular weight is 399 g/mol. The fourth-order valence-electron chi connectivity index (χ4n) is 3.55. The van der Waals surface area contributed by atoms with E-state index in [1.54, 1.807) is 24.3 Å². The van der Waals surface area contributed by atoms with Crippen molar-refractivity contribution in [3.8, 4) is 11.3 Å². The first kappa shape index (κ1) is 20.9. The second kappa shape index (κ2) is 10.1. The zero-order valence-corrected chi connectivity index (χ0v) is 16.2. The van der Waals surface area contributed by atoms with Gasteiger partial charge in [0.05, 0.1) is 11.3 Å². The zero-order valence-electron chi connectivity index (χ0n) is 16.2. The number of hydrogen-bond donors (Lipinski definition) is 3. The highest BCUT2D eigenvalue weighted by Gasteiger charge is 2.27. The SMILES string of the molecule is O=C(NC1CCC(C(=O)NCCCO)CC1)c1ccc(-c2cccc(F)c2)nc1. The van der Waals surface area contributed by atoms with Crippen molar-refractivity contribution in [2.75, 3.05) is 13.2 Å². The van der Waals surface area contributed by atoms with E-state index in [0.717, 1.165) is 25.7 Å². The van der Waals surface area contributed by atoms with Crippen molar-refractivity contribution in [1.29, 1.82) is 0 Å². The minimum absolute atomic E-state index is 0.0281. The molecule has 0 saturated heterocycles. The van der Waals surface area contributed by atoms with Crippen molar-refractivity contribution in [2.24, 2.45) is 5.92 Å². The van der Waals surface area contributed by atoms with Crippen molar-refractivity contribution in [2.45, 2.75) is 38.1 Å². The highest BCUT2D eigenvalue weighted by Crippen LogP contribution is 2.25. The number of carbonyl (C=O) groups is 2. The maximum Gasteiger partial charge on any atom is 0.253 e. The fourth-order valence-corrected chi connectivity index (χ4v) is 3.55. The molecule has 29 heavy (non-hydrogen) atoms. The third kappa shape index (κ3) is 5.84. The third-order valence-corrected chi connectivity index (χ3v) is 5.21. The van der Waals surface area contributed by atoms with Crippen molar-refractivity contribution in [3.05, 3.63) is 54.0 Å². The lowest BCUT2D eigenvalue weighted by molar-refractivity contribution is -0.126. The van der Waals surface area contributed by atoms with E-state index in [0.29, 0.717) is 29.8 Å². The van der Waals surface area contributed by atoms with Crippen LogP contribution in [0, 0.1) is 11.7 Å². The standard InChI is InChI=1S/C22H26FN3O3/c23-18-4-1-3-16(13-18)20-10-7-17(14-25-20)22(29)26-19-8-5-15(6-9-19)21(28)24-11-2-12-27/h1,3-4,7,10,13-15,19,27H,2,5-6,8-9,11-12H2,(H,24,28)(H,26,29). The van der Waals surface area contributed by atoms with E-state index in [-0.39, 0.29) is 36.2 Å². The number of hydrogen-bond acceptors (Lipinski definition) is 4. The number of nitrogens with one attached hydrogen (secondary N) is 2. The van der Waals surface area contributed by atoms with Crippen LogP contribution in [-0.2, 0) is 4.79 Å². The summed E-state index contributed by atoms with van der Waals surface area (Å²) in [5.41, 5.74) is 1.72. The number of amides is 2. The minimum atomic E-state index is -0.330. The molecule has 1 aromatic heterocycles. The van der Waals surface area contributed by atoms with Gasteiger partial charge < -0.3 is 15.7 Å². The molecule has 2 amide bonds. The number of halogens is 1. The second-order valence-corrected chi connectivity index (χ2v) is 7.33. The van der Waals surface area contributed by atoms with Crippen molar-refractivity contribution in [3.63, 3.8) is 0 Å². The smallest absolute Gasteiger partial charge is 0.253 e. The largest absolute Gasteiger partial charge is 0.396 e. The van der Waals surface area contributed by atoms with Gasteiger partial charge in [0.15, 0.2) is 0 Å². The molecule has 0 radical (unpaired) electrons. The lowest BCUT2D eigenvalue weighted by Crippen LogP contribution is -2.41. The molecule has 0 aliphatic heterocycles. The molecule has 0 bridgehead atoms. The van der Waals surface area contributed by atoms with Crippen LogP contribution < -0.4 is 10.6 Å². The van der Waals surface area contributed by atoms with E-state index in [1.807, 2.05) is 0 Å². The Bertz CT molecular complexity index is 833. The molecule has 0 unspecified atom stereocenters. The quantitative estimate of drug-likeness (QED) is 0.625. The van der Waals surface area contributed by atoms with Gasteiger partial charge in [-0.1, -0.05) is 12.1 Å². The molecule has 3 N–H and O–H groups in total. The van der Waals surface area contributed by atoms with Gasteiger partial charge in [0.2, 0.25) is 5.91 Å². The summed E-state index contributed by atoms with van der Waals surface area (Å²) < 4.78 is 13.3. The molecule has 1 heterocycles. The van der Waals surface area contributed by atoms with E-state index < -0.39 is 0 Å². The maximum atomic E-state index is 13.3. The summed E-state index contributed by atoms with van der Waals surface area (Å²) in [6.45, 7) is 0.557. The predicted molar refractivity (Wildman–Crippen MR) is 108 cm³/mol. The van der Waals surface area contributed by atoms with Gasteiger partial charge >= 0.3 is 0 Å². The van der Waals surface area contributed by atoms with E-state index in [1.165, 1.54) is 18.3 Å². The maximum absolute atomic E-state index is 13.3. The molecule has 0 spiro atoms. The molecule has 1 aliphatic rings. The topological polar surface area (TPSA) is 91.3 Å². The molecule has 1 saturated carbocycles. The van der Waals surface area contributed by atoms with Crippen LogP contribution in [0.2, 0.25) is 0 Å². The predicted octanol–water partition coefficient (Wildman–Crippen LogP) is 2.67. The number of aromatic nitrogens is 1. The van der Waals surface area contributed by atoms with Crippen LogP contribution in [0.25, 0.3) is 11.3 Å². The average Bonchev–Trinajstić information content (AvgIpc) is 2.74. The molecule has 6 nitrogen and oxygen atoms in total. The van der Waals surface area contributed by atoms with Gasteiger partial charge in [0, 0.05) is 36.9 Å². The van der Waals surface area contributed by atoms with Gasteiger partial charge in [-0.05, 0) is 56.4 Å². The minimum Gasteiger partial charge on any atom is -0.396 e. The van der Waals surface area contributed by atoms with Crippen LogP contribution in [0.15, 0.2) is 42.6 Å². The number of aliphatic hydroxyl groups is 1. The lowest BCUT2D eigenvalue weighted by atomic mass is 9.85. The number of nitrogens with zero attached hydrogens (tertiary/aromatic N) is 1. The fraction of sp³-hybridized carbons (Fsp3) is 0.409. The van der Waals surface area contributed by atoms with E-state index in [4.69, 9.17) is 5.11 Å². The molecular formula is C22H26FN3O3. The number of rotatable bonds is 7. The Kier molecular flexibility index (Phi) is 7.30. The van der Waals surface area contributed by atoms with Crippen LogP contribution in [0.1, 0.15) is 42.5 Å². The van der Waals surface area contributed by atoms with Crippen LogP contribution >= 0.6 is 0 Å². The number of aliphatic hydroxyl groups excluding tert-OH is 1. The van der Waals surface area contributed by atoms with E-state index >= 15 is 0 Å². The van der Waals surface area contributed by atoms with E-state index in [2.05, 4.69) is 15.6 Å². The molecule has 2 aromatic rings. The highest BCUT2D eigenvalue weighted by molar-refractivity contribution is 5.94. The highest BCUT2D eigenvalue weighted by atomic mass is 19.1. The summed E-state index contributed by atoms with van der Waals surface area (Å²) in [5.74, 6) is -0.530. The molecule has 154 valence electrons. The summed E-state index contributed by atoms with van der Waals surface area (Å²) in [5, 5.41) is 14.6. The third-order valence-electron chi connectivity index (χ3n) is 5.21. The normalized spacial score (nSPS) is 18.8. The zero-order chi connectivity index (χ0) is 20.6.